The fourth-order valence-corrected chi connectivity index (χ4v) is 2.60. The third-order valence-electron chi connectivity index (χ3n) is 3.92. The van der Waals surface area contributed by atoms with Crippen molar-refractivity contribution in [2.45, 2.75) is 26.9 Å². The summed E-state index contributed by atoms with van der Waals surface area (Å²) in [6.07, 6.45) is -4.70. The molecule has 1 amide bonds. The molecular weight excluding hydrogens is 395 g/mol. The molecule has 0 fully saturated rings. The van der Waals surface area contributed by atoms with E-state index >= 15 is 0 Å². The van der Waals surface area contributed by atoms with Crippen molar-refractivity contribution in [1.82, 2.24) is 0 Å². The summed E-state index contributed by atoms with van der Waals surface area (Å²) < 4.78 is 44.7. The molecule has 28 heavy (non-hydrogen) atoms. The highest BCUT2D eigenvalue weighted by molar-refractivity contribution is 6.31. The van der Waals surface area contributed by atoms with Crippen LogP contribution in [0.5, 0.6) is 5.75 Å². The quantitative estimate of drug-likeness (QED) is 0.665. The van der Waals surface area contributed by atoms with Gasteiger partial charge in [-0.2, -0.15) is 13.2 Å². The van der Waals surface area contributed by atoms with Gasteiger partial charge in [0.2, 0.25) is 5.91 Å². The van der Waals surface area contributed by atoms with Crippen LogP contribution in [0.2, 0.25) is 5.02 Å². The van der Waals surface area contributed by atoms with Crippen molar-refractivity contribution in [2.75, 3.05) is 12.4 Å². The van der Waals surface area contributed by atoms with E-state index in [0.717, 1.165) is 19.2 Å². The molecule has 0 aliphatic heterocycles. The van der Waals surface area contributed by atoms with E-state index in [9.17, 15) is 22.8 Å². The summed E-state index contributed by atoms with van der Waals surface area (Å²) in [4.78, 5) is 25.4. The number of hydrogen-bond acceptors (Lipinski definition) is 3. The summed E-state index contributed by atoms with van der Waals surface area (Å²) in [5, 5.41) is 2.83. The second-order valence-electron chi connectivity index (χ2n) is 7.11. The SMILES string of the molecule is COc1c(C(=O)c2cc(Cl)ccc2NC(=O)C(C)(C)C)cccc1C(F)(F)F. The highest BCUT2D eigenvalue weighted by Gasteiger charge is 2.36. The minimum absolute atomic E-state index is 0.0391. The van der Waals surface area contributed by atoms with Gasteiger partial charge in [0.15, 0.2) is 5.78 Å². The van der Waals surface area contributed by atoms with Gasteiger partial charge in [0.1, 0.15) is 5.75 Å². The summed E-state index contributed by atoms with van der Waals surface area (Å²) in [5.74, 6) is -1.71. The van der Waals surface area contributed by atoms with E-state index < -0.39 is 28.7 Å². The number of carbonyl (C=O) groups is 2. The number of carbonyl (C=O) groups excluding carboxylic acids is 2. The van der Waals surface area contributed by atoms with Gasteiger partial charge >= 0.3 is 6.18 Å². The minimum Gasteiger partial charge on any atom is -0.495 e. The van der Waals surface area contributed by atoms with Crippen LogP contribution in [-0.4, -0.2) is 18.8 Å². The lowest BCUT2D eigenvalue weighted by atomic mass is 9.94. The molecule has 0 aliphatic carbocycles. The number of alkyl halides is 3. The maximum Gasteiger partial charge on any atom is 0.419 e. The summed E-state index contributed by atoms with van der Waals surface area (Å²) in [6.45, 7) is 5.07. The highest BCUT2D eigenvalue weighted by atomic mass is 35.5. The molecular formula is C20H19ClF3NO3. The molecule has 0 saturated carbocycles. The average Bonchev–Trinajstić information content (AvgIpc) is 2.60. The second kappa shape index (κ2) is 7.83. The smallest absolute Gasteiger partial charge is 0.419 e. The number of para-hydroxylation sites is 1. The normalized spacial score (nSPS) is 11.9. The average molecular weight is 414 g/mol. The van der Waals surface area contributed by atoms with Gasteiger partial charge in [0, 0.05) is 16.0 Å². The van der Waals surface area contributed by atoms with Crippen LogP contribution >= 0.6 is 11.6 Å². The van der Waals surface area contributed by atoms with Crippen LogP contribution in [-0.2, 0) is 11.0 Å². The standard InChI is InChI=1S/C20H19ClF3NO3/c1-19(2,3)18(27)25-15-9-8-11(21)10-13(15)16(26)12-6-5-7-14(17(12)28-4)20(22,23)24/h5-10H,1-4H3,(H,25,27). The fraction of sp³-hybridized carbons (Fsp3) is 0.300. The third-order valence-corrected chi connectivity index (χ3v) is 4.16. The Morgan fingerprint density at radius 3 is 2.21 bits per heavy atom. The highest BCUT2D eigenvalue weighted by Crippen LogP contribution is 2.39. The first-order chi connectivity index (χ1) is 12.9. The summed E-state index contributed by atoms with van der Waals surface area (Å²) >= 11 is 5.98. The van der Waals surface area contributed by atoms with Crippen LogP contribution in [0.15, 0.2) is 36.4 Å². The zero-order valence-corrected chi connectivity index (χ0v) is 16.5. The molecule has 2 aromatic rings. The van der Waals surface area contributed by atoms with Gasteiger partial charge in [0.25, 0.3) is 0 Å². The van der Waals surface area contributed by atoms with Gasteiger partial charge < -0.3 is 10.1 Å². The molecule has 150 valence electrons. The van der Waals surface area contributed by atoms with E-state index in [-0.39, 0.29) is 27.7 Å². The van der Waals surface area contributed by atoms with Crippen molar-refractivity contribution in [2.24, 2.45) is 5.41 Å². The summed E-state index contributed by atoms with van der Waals surface area (Å²) in [7, 11) is 1.06. The third kappa shape index (κ3) is 4.65. The molecule has 2 rings (SSSR count). The first-order valence-electron chi connectivity index (χ1n) is 8.26. The van der Waals surface area contributed by atoms with Crippen LogP contribution in [0.1, 0.15) is 42.3 Å². The maximum atomic E-state index is 13.3. The fourth-order valence-electron chi connectivity index (χ4n) is 2.43. The van der Waals surface area contributed by atoms with Gasteiger partial charge in [-0.1, -0.05) is 38.4 Å². The first-order valence-corrected chi connectivity index (χ1v) is 8.64. The predicted octanol–water partition coefficient (Wildman–Crippen LogP) is 5.58. The Kier molecular flexibility index (Phi) is 6.09. The zero-order chi connectivity index (χ0) is 21.3. The van der Waals surface area contributed by atoms with Crippen molar-refractivity contribution in [3.63, 3.8) is 0 Å². The number of amides is 1. The number of halogens is 4. The van der Waals surface area contributed by atoms with E-state index in [2.05, 4.69) is 5.32 Å². The van der Waals surface area contributed by atoms with E-state index in [1.807, 2.05) is 0 Å². The van der Waals surface area contributed by atoms with Crippen LogP contribution < -0.4 is 10.1 Å². The molecule has 0 aromatic heterocycles. The molecule has 2 aromatic carbocycles. The molecule has 0 atom stereocenters. The van der Waals surface area contributed by atoms with Crippen LogP contribution in [0, 0.1) is 5.41 Å². The first kappa shape index (κ1) is 21.8. The topological polar surface area (TPSA) is 55.4 Å². The number of hydrogen-bond donors (Lipinski definition) is 1. The van der Waals surface area contributed by atoms with Crippen LogP contribution in [0.25, 0.3) is 0 Å². The predicted molar refractivity (Wildman–Crippen MR) is 101 cm³/mol. The van der Waals surface area contributed by atoms with Crippen LogP contribution in [0.4, 0.5) is 18.9 Å². The van der Waals surface area contributed by atoms with Crippen LogP contribution in [0.3, 0.4) is 0 Å². The van der Waals surface area contributed by atoms with E-state index in [0.29, 0.717) is 0 Å². The Morgan fingerprint density at radius 2 is 1.68 bits per heavy atom. The molecule has 1 N–H and O–H groups in total. The monoisotopic (exact) mass is 413 g/mol. The van der Waals surface area contributed by atoms with Crippen molar-refractivity contribution < 1.29 is 27.5 Å². The van der Waals surface area contributed by atoms with E-state index in [1.54, 1.807) is 20.8 Å². The van der Waals surface area contributed by atoms with Crippen molar-refractivity contribution >= 4 is 29.0 Å². The van der Waals surface area contributed by atoms with Crippen molar-refractivity contribution in [3.05, 3.63) is 58.1 Å². The lowest BCUT2D eigenvalue weighted by Gasteiger charge is -2.20. The molecule has 0 bridgehead atoms. The van der Waals surface area contributed by atoms with E-state index in [1.165, 1.54) is 24.3 Å². The van der Waals surface area contributed by atoms with Crippen molar-refractivity contribution in [3.8, 4) is 5.75 Å². The van der Waals surface area contributed by atoms with Crippen molar-refractivity contribution in [1.29, 1.82) is 0 Å². The molecule has 0 aliphatic rings. The maximum absolute atomic E-state index is 13.3. The number of rotatable bonds is 4. The second-order valence-corrected chi connectivity index (χ2v) is 7.54. The molecule has 0 spiro atoms. The van der Waals surface area contributed by atoms with Gasteiger partial charge in [0.05, 0.1) is 23.9 Å². The number of ether oxygens (including phenoxy) is 1. The van der Waals surface area contributed by atoms with E-state index in [4.69, 9.17) is 16.3 Å². The Hall–Kier alpha value is -2.54. The summed E-state index contributed by atoms with van der Waals surface area (Å²) in [6, 6.07) is 7.38. The number of ketones is 1. The molecule has 8 heteroatoms. The zero-order valence-electron chi connectivity index (χ0n) is 15.7. The molecule has 0 saturated heterocycles. The number of anilines is 1. The van der Waals surface area contributed by atoms with Gasteiger partial charge in [-0.15, -0.1) is 0 Å². The van der Waals surface area contributed by atoms with Gasteiger partial charge in [-0.05, 0) is 30.3 Å². The molecule has 0 heterocycles. The molecule has 0 radical (unpaired) electrons. The summed E-state index contributed by atoms with van der Waals surface area (Å²) in [5.41, 5.74) is -1.99. The van der Waals surface area contributed by atoms with Gasteiger partial charge in [-0.3, -0.25) is 9.59 Å². The number of nitrogens with one attached hydrogen (secondary N) is 1. The lowest BCUT2D eigenvalue weighted by molar-refractivity contribution is -0.138. The van der Waals surface area contributed by atoms with Gasteiger partial charge in [-0.25, -0.2) is 0 Å². The number of methoxy groups -OCH3 is 1. The number of benzene rings is 2. The lowest BCUT2D eigenvalue weighted by Crippen LogP contribution is -2.28. The molecule has 4 nitrogen and oxygen atoms in total. The molecule has 0 unspecified atom stereocenters. The Balaban J connectivity index is 2.59. The minimum atomic E-state index is -4.70. The Bertz CT molecular complexity index is 918. The Labute approximate surface area is 165 Å². The Morgan fingerprint density at radius 1 is 1.04 bits per heavy atom. The largest absolute Gasteiger partial charge is 0.495 e.